The normalized spacial score (nSPS) is 11.2. The molecule has 0 heterocycles. The van der Waals surface area contributed by atoms with Crippen molar-refractivity contribution < 1.29 is 9.84 Å². The van der Waals surface area contributed by atoms with Crippen LogP contribution in [0.5, 0.6) is 5.75 Å². The third-order valence-corrected chi connectivity index (χ3v) is 2.54. The Labute approximate surface area is 107 Å². The lowest BCUT2D eigenvalue weighted by Gasteiger charge is -2.05. The van der Waals surface area contributed by atoms with Crippen LogP contribution in [0, 0.1) is 11.8 Å². The molecule has 0 spiro atoms. The summed E-state index contributed by atoms with van der Waals surface area (Å²) in [4.78, 5) is 0. The summed E-state index contributed by atoms with van der Waals surface area (Å²) in [7, 11) is 1.60. The Morgan fingerprint density at radius 1 is 1.06 bits per heavy atom. The van der Waals surface area contributed by atoms with Crippen molar-refractivity contribution in [2.45, 2.75) is 6.10 Å². The highest BCUT2D eigenvalue weighted by Gasteiger charge is 2.04. The van der Waals surface area contributed by atoms with Crippen molar-refractivity contribution in [3.8, 4) is 17.6 Å². The van der Waals surface area contributed by atoms with Gasteiger partial charge in [-0.15, -0.1) is 0 Å². The van der Waals surface area contributed by atoms with E-state index in [0.29, 0.717) is 5.75 Å². The fourth-order valence-electron chi connectivity index (χ4n) is 1.57. The highest BCUT2D eigenvalue weighted by molar-refractivity contribution is 5.38. The minimum absolute atomic E-state index is 0.716. The van der Waals surface area contributed by atoms with Crippen molar-refractivity contribution in [2.75, 3.05) is 7.11 Å². The third kappa shape index (κ3) is 3.13. The van der Waals surface area contributed by atoms with E-state index < -0.39 is 6.10 Å². The van der Waals surface area contributed by atoms with Crippen LogP contribution in [0.3, 0.4) is 0 Å². The molecule has 0 amide bonds. The lowest BCUT2D eigenvalue weighted by Crippen LogP contribution is -1.94. The first-order chi connectivity index (χ1) is 8.79. The highest BCUT2D eigenvalue weighted by Crippen LogP contribution is 2.18. The van der Waals surface area contributed by atoms with Crippen LogP contribution >= 0.6 is 0 Å². The Kier molecular flexibility index (Phi) is 4.01. The fourth-order valence-corrected chi connectivity index (χ4v) is 1.57. The van der Waals surface area contributed by atoms with Gasteiger partial charge in [0.25, 0.3) is 0 Å². The van der Waals surface area contributed by atoms with Crippen LogP contribution in [0.15, 0.2) is 54.6 Å². The first-order valence-electron chi connectivity index (χ1n) is 5.68. The summed E-state index contributed by atoms with van der Waals surface area (Å²) in [6.45, 7) is 0. The molecule has 2 heteroatoms. The maximum atomic E-state index is 9.97. The average Bonchev–Trinajstić information content (AvgIpc) is 2.46. The second-order valence-corrected chi connectivity index (χ2v) is 3.81. The molecule has 0 aliphatic heterocycles. The molecule has 1 N–H and O–H groups in total. The quantitative estimate of drug-likeness (QED) is 0.815. The molecule has 2 rings (SSSR count). The van der Waals surface area contributed by atoms with E-state index in [2.05, 4.69) is 11.8 Å². The average molecular weight is 238 g/mol. The van der Waals surface area contributed by atoms with Crippen LogP contribution in [0.4, 0.5) is 0 Å². The molecule has 0 bridgehead atoms. The molecule has 0 saturated carbocycles. The van der Waals surface area contributed by atoms with Gasteiger partial charge in [0.05, 0.1) is 7.11 Å². The van der Waals surface area contributed by atoms with Crippen LogP contribution in [0.25, 0.3) is 0 Å². The zero-order valence-electron chi connectivity index (χ0n) is 10.1. The molecule has 0 fully saturated rings. The molecule has 0 aliphatic rings. The van der Waals surface area contributed by atoms with Gasteiger partial charge < -0.3 is 9.84 Å². The summed E-state index contributed by atoms with van der Waals surface area (Å²) in [6, 6.07) is 16.9. The molecule has 18 heavy (non-hydrogen) atoms. The van der Waals surface area contributed by atoms with Crippen molar-refractivity contribution in [2.24, 2.45) is 0 Å². The maximum absolute atomic E-state index is 9.97. The zero-order chi connectivity index (χ0) is 12.8. The predicted octanol–water partition coefficient (Wildman–Crippen LogP) is 2.78. The van der Waals surface area contributed by atoms with E-state index in [-0.39, 0.29) is 0 Å². The molecule has 2 nitrogen and oxygen atoms in total. The minimum atomic E-state index is -0.805. The van der Waals surface area contributed by atoms with Crippen molar-refractivity contribution in [3.63, 3.8) is 0 Å². The monoisotopic (exact) mass is 238 g/mol. The molecule has 2 aromatic carbocycles. The van der Waals surface area contributed by atoms with Crippen molar-refractivity contribution in [3.05, 3.63) is 65.7 Å². The van der Waals surface area contributed by atoms with Crippen molar-refractivity contribution >= 4 is 0 Å². The second-order valence-electron chi connectivity index (χ2n) is 3.81. The Hall–Kier alpha value is -2.24. The number of hydrogen-bond donors (Lipinski definition) is 1. The van der Waals surface area contributed by atoms with Gasteiger partial charge in [-0.05, 0) is 29.8 Å². The maximum Gasteiger partial charge on any atom is 0.140 e. The molecule has 1 atom stereocenters. The molecule has 0 radical (unpaired) electrons. The summed E-state index contributed by atoms with van der Waals surface area (Å²) >= 11 is 0. The van der Waals surface area contributed by atoms with Crippen molar-refractivity contribution in [1.82, 2.24) is 0 Å². The van der Waals surface area contributed by atoms with Crippen LogP contribution < -0.4 is 4.74 Å². The smallest absolute Gasteiger partial charge is 0.140 e. The second kappa shape index (κ2) is 5.90. The number of methoxy groups -OCH3 is 1. The third-order valence-electron chi connectivity index (χ3n) is 2.54. The summed E-state index contributed by atoms with van der Waals surface area (Å²) in [5, 5.41) is 9.97. The van der Waals surface area contributed by atoms with Crippen molar-refractivity contribution in [1.29, 1.82) is 0 Å². The summed E-state index contributed by atoms with van der Waals surface area (Å²) < 4.78 is 5.11. The lowest BCUT2D eigenvalue weighted by atomic mass is 10.1. The summed E-state index contributed by atoms with van der Waals surface area (Å²) in [5.41, 5.74) is 1.62. The Bertz CT molecular complexity index is 564. The van der Waals surface area contributed by atoms with Gasteiger partial charge >= 0.3 is 0 Å². The van der Waals surface area contributed by atoms with Gasteiger partial charge in [0.15, 0.2) is 0 Å². The van der Waals surface area contributed by atoms with Crippen LogP contribution in [0.2, 0.25) is 0 Å². The van der Waals surface area contributed by atoms with Gasteiger partial charge in [0.1, 0.15) is 11.9 Å². The van der Waals surface area contributed by atoms with Gasteiger partial charge in [-0.25, -0.2) is 0 Å². The number of rotatable bonds is 2. The molecule has 2 aromatic rings. The Morgan fingerprint density at radius 2 is 1.83 bits per heavy atom. The molecular weight excluding hydrogens is 224 g/mol. The standard InChI is InChI=1S/C16H14O2/c1-18-15-9-5-8-14(12-15)16(17)11-10-13-6-3-2-4-7-13/h2-9,12,16-17H,1H3. The number of aliphatic hydroxyl groups is 1. The first-order valence-corrected chi connectivity index (χ1v) is 5.68. The fraction of sp³-hybridized carbons (Fsp3) is 0.125. The lowest BCUT2D eigenvalue weighted by molar-refractivity contribution is 0.238. The number of aliphatic hydroxyl groups excluding tert-OH is 1. The minimum Gasteiger partial charge on any atom is -0.497 e. The topological polar surface area (TPSA) is 29.5 Å². The van der Waals surface area contributed by atoms with E-state index in [1.54, 1.807) is 13.2 Å². The number of hydrogen-bond acceptors (Lipinski definition) is 2. The predicted molar refractivity (Wildman–Crippen MR) is 71.3 cm³/mol. The molecular formula is C16H14O2. The van der Waals surface area contributed by atoms with Gasteiger partial charge in [-0.3, -0.25) is 0 Å². The van der Waals surface area contributed by atoms with Crippen LogP contribution in [0.1, 0.15) is 17.2 Å². The highest BCUT2D eigenvalue weighted by atomic mass is 16.5. The van der Waals surface area contributed by atoms with Crippen LogP contribution in [-0.4, -0.2) is 12.2 Å². The van der Waals surface area contributed by atoms with E-state index in [1.165, 1.54) is 0 Å². The molecule has 1 unspecified atom stereocenters. The SMILES string of the molecule is COc1cccc(C(O)C#Cc2ccccc2)c1. The molecule has 0 aliphatic carbocycles. The van der Waals surface area contributed by atoms with E-state index in [4.69, 9.17) is 4.74 Å². The van der Waals surface area contributed by atoms with Gasteiger partial charge in [-0.1, -0.05) is 42.2 Å². The number of benzene rings is 2. The molecule has 0 aromatic heterocycles. The van der Waals surface area contributed by atoms with E-state index >= 15 is 0 Å². The van der Waals surface area contributed by atoms with E-state index in [1.807, 2.05) is 48.5 Å². The van der Waals surface area contributed by atoms with Gasteiger partial charge in [-0.2, -0.15) is 0 Å². The molecule has 90 valence electrons. The largest absolute Gasteiger partial charge is 0.497 e. The van der Waals surface area contributed by atoms with E-state index in [0.717, 1.165) is 11.1 Å². The Balaban J connectivity index is 2.17. The van der Waals surface area contributed by atoms with Gasteiger partial charge in [0, 0.05) is 5.56 Å². The Morgan fingerprint density at radius 3 is 2.56 bits per heavy atom. The summed E-state index contributed by atoms with van der Waals surface area (Å²) in [6.07, 6.45) is -0.805. The molecule has 0 saturated heterocycles. The summed E-state index contributed by atoms with van der Waals surface area (Å²) in [5.74, 6) is 6.47. The zero-order valence-corrected chi connectivity index (χ0v) is 10.1. The number of ether oxygens (including phenoxy) is 1. The van der Waals surface area contributed by atoms with Gasteiger partial charge in [0.2, 0.25) is 0 Å². The van der Waals surface area contributed by atoms with Crippen LogP contribution in [-0.2, 0) is 0 Å². The van der Waals surface area contributed by atoms with E-state index in [9.17, 15) is 5.11 Å². The first kappa shape index (κ1) is 12.2.